The maximum absolute atomic E-state index is 14.6. The van der Waals surface area contributed by atoms with Crippen LogP contribution in [-0.4, -0.2) is 65.9 Å². The molecule has 0 aromatic heterocycles. The number of carbonyl (C=O) groups is 5. The number of fused-ring (bicyclic) bond motifs is 3. The van der Waals surface area contributed by atoms with Gasteiger partial charge in [-0.3, -0.25) is 24.0 Å². The highest BCUT2D eigenvalue weighted by Crippen LogP contribution is 2.65. The third-order valence-corrected chi connectivity index (χ3v) is 16.6. The van der Waals surface area contributed by atoms with Crippen molar-refractivity contribution in [2.45, 2.75) is 173 Å². The summed E-state index contributed by atoms with van der Waals surface area (Å²) >= 11 is 0. The maximum Gasteiger partial charge on any atom is 0.226 e. The van der Waals surface area contributed by atoms with E-state index in [1.807, 2.05) is 0 Å². The Hall–Kier alpha value is -1.90. The summed E-state index contributed by atoms with van der Waals surface area (Å²) in [4.78, 5) is 71.3. The van der Waals surface area contributed by atoms with Crippen molar-refractivity contribution in [1.29, 1.82) is 0 Å². The second-order valence-electron chi connectivity index (χ2n) is 18.1. The first-order chi connectivity index (χ1) is 23.8. The molecular formula is C41H63NO7S. The van der Waals surface area contributed by atoms with E-state index in [-0.39, 0.29) is 65.5 Å². The van der Waals surface area contributed by atoms with Gasteiger partial charge in [0, 0.05) is 44.1 Å². The summed E-state index contributed by atoms with van der Waals surface area (Å²) in [5.74, 6) is -1.38. The number of ketones is 4. The zero-order chi connectivity index (χ0) is 35.7. The molecule has 0 N–H and O–H groups in total. The normalized spacial score (nSPS) is 34.7. The van der Waals surface area contributed by atoms with Gasteiger partial charge in [0.05, 0.1) is 17.0 Å². The summed E-state index contributed by atoms with van der Waals surface area (Å²) in [5.41, 5.74) is -0.615. The average molecular weight is 714 g/mol. The Morgan fingerprint density at radius 2 is 1.38 bits per heavy atom. The molecule has 0 spiro atoms. The number of rotatable bonds is 9. The van der Waals surface area contributed by atoms with E-state index in [9.17, 15) is 32.4 Å². The molecule has 8 nitrogen and oxygen atoms in total. The summed E-state index contributed by atoms with van der Waals surface area (Å²) in [6.45, 7) is 4.80. The van der Waals surface area contributed by atoms with E-state index in [1.165, 1.54) is 0 Å². The van der Waals surface area contributed by atoms with Crippen LogP contribution in [0.1, 0.15) is 162 Å². The molecule has 0 aromatic carbocycles. The van der Waals surface area contributed by atoms with Crippen molar-refractivity contribution in [2.75, 3.05) is 12.3 Å². The van der Waals surface area contributed by atoms with E-state index in [0.717, 1.165) is 96.3 Å². The fourth-order valence-electron chi connectivity index (χ4n) is 10.9. The Balaban J connectivity index is 1.22. The second-order valence-corrected chi connectivity index (χ2v) is 20.4. The smallest absolute Gasteiger partial charge is 0.226 e. The third-order valence-electron chi connectivity index (χ3n) is 14.2. The first kappa shape index (κ1) is 37.8. The molecule has 6 aliphatic rings. The van der Waals surface area contributed by atoms with Gasteiger partial charge in [-0.2, -0.15) is 0 Å². The van der Waals surface area contributed by atoms with Gasteiger partial charge >= 0.3 is 0 Å². The molecule has 3 aliphatic heterocycles. The highest BCUT2D eigenvalue weighted by molar-refractivity contribution is 7.92. The zero-order valence-corrected chi connectivity index (χ0v) is 31.7. The summed E-state index contributed by atoms with van der Waals surface area (Å²) in [5, 5.41) is -0.470. The van der Waals surface area contributed by atoms with Crippen molar-refractivity contribution in [3.63, 3.8) is 0 Å². The van der Waals surface area contributed by atoms with Crippen LogP contribution in [0.5, 0.6) is 0 Å². The van der Waals surface area contributed by atoms with Crippen LogP contribution >= 0.6 is 0 Å². The van der Waals surface area contributed by atoms with Gasteiger partial charge in [-0.15, -0.1) is 0 Å². The van der Waals surface area contributed by atoms with E-state index in [0.29, 0.717) is 44.6 Å². The Labute approximate surface area is 300 Å². The summed E-state index contributed by atoms with van der Waals surface area (Å²) in [7, 11) is -3.27. The molecule has 6 fully saturated rings. The lowest BCUT2D eigenvalue weighted by molar-refractivity contribution is -0.146. The monoisotopic (exact) mass is 713 g/mol. The molecule has 6 rings (SSSR count). The molecule has 0 radical (unpaired) electrons. The van der Waals surface area contributed by atoms with E-state index in [2.05, 4.69) is 13.8 Å². The largest absolute Gasteiger partial charge is 0.332 e. The Morgan fingerprint density at radius 3 is 2.04 bits per heavy atom. The fraction of sp³-hybridized carbons (Fsp3) is 0.878. The minimum absolute atomic E-state index is 0.00493. The number of hydrogen-bond donors (Lipinski definition) is 0. The second kappa shape index (κ2) is 15.6. The van der Waals surface area contributed by atoms with Gasteiger partial charge in [0.25, 0.3) is 0 Å². The minimum atomic E-state index is -3.27. The SMILES string of the molecule is CC1(C)[C@@H]2[C@H]3C(=O)C[C@H](C(=O)C(=O)CC4CC4)CCCCCCCCC[C@H](CC(=O)CC4([C@H]5CCCCS5(=O)=O)CCCCC4)C(=O)N3C[C@@H]21. The van der Waals surface area contributed by atoms with Crippen LogP contribution in [0.2, 0.25) is 0 Å². The van der Waals surface area contributed by atoms with Crippen molar-refractivity contribution in [3.8, 4) is 0 Å². The quantitative estimate of drug-likeness (QED) is 0.228. The van der Waals surface area contributed by atoms with Gasteiger partial charge in [-0.25, -0.2) is 8.42 Å². The van der Waals surface area contributed by atoms with Crippen molar-refractivity contribution in [2.24, 2.45) is 40.4 Å². The predicted molar refractivity (Wildman–Crippen MR) is 193 cm³/mol. The van der Waals surface area contributed by atoms with Crippen LogP contribution in [-0.2, 0) is 33.8 Å². The molecule has 9 heteroatoms. The van der Waals surface area contributed by atoms with Gasteiger partial charge in [0.15, 0.2) is 21.4 Å². The van der Waals surface area contributed by atoms with Crippen LogP contribution < -0.4 is 0 Å². The highest BCUT2D eigenvalue weighted by atomic mass is 32.2. The molecule has 6 atom stereocenters. The zero-order valence-electron chi connectivity index (χ0n) is 30.9. The summed E-state index contributed by atoms with van der Waals surface area (Å²) in [6.07, 6.45) is 17.1. The lowest BCUT2D eigenvalue weighted by Crippen LogP contribution is -2.49. The van der Waals surface area contributed by atoms with E-state index >= 15 is 0 Å². The lowest BCUT2D eigenvalue weighted by Gasteiger charge is -2.44. The third kappa shape index (κ3) is 8.33. The fourth-order valence-corrected chi connectivity index (χ4v) is 13.4. The lowest BCUT2D eigenvalue weighted by atomic mass is 9.67. The molecule has 280 valence electrons. The first-order valence-corrected chi connectivity index (χ1v) is 22.2. The number of nitrogens with zero attached hydrogens (tertiary/aromatic N) is 1. The molecule has 1 amide bonds. The molecule has 0 unspecified atom stereocenters. The van der Waals surface area contributed by atoms with Gasteiger partial charge in [0.2, 0.25) is 11.7 Å². The standard InChI is InChI=1S/C41H63NO7S/c1-40(2)32-27-42-37(36(32)40)33(44)25-29(38(46)34(45)23-28-18-19-28)15-9-6-4-3-5-7-10-16-30(39(42)47)24-31(43)26-41(20-12-8-13-21-41)35-17-11-14-22-50(35,48)49/h28-30,32,35-37H,3-27H2,1-2H3/t29-,30-,32+,35-,36+,37-/m1/s1. The van der Waals surface area contributed by atoms with Gasteiger partial charge in [-0.05, 0) is 80.0 Å². The van der Waals surface area contributed by atoms with Crippen LogP contribution in [0.15, 0.2) is 0 Å². The number of piperidine rings is 1. The van der Waals surface area contributed by atoms with Crippen molar-refractivity contribution in [3.05, 3.63) is 0 Å². The van der Waals surface area contributed by atoms with Crippen LogP contribution in [0.4, 0.5) is 0 Å². The predicted octanol–water partition coefficient (Wildman–Crippen LogP) is 7.39. The molecular weight excluding hydrogens is 651 g/mol. The molecule has 3 saturated heterocycles. The number of amides is 1. The first-order valence-electron chi connectivity index (χ1n) is 20.5. The minimum Gasteiger partial charge on any atom is -0.332 e. The molecule has 3 heterocycles. The Kier molecular flexibility index (Phi) is 11.8. The number of hydrogen-bond acceptors (Lipinski definition) is 7. The Morgan fingerprint density at radius 1 is 0.760 bits per heavy atom. The van der Waals surface area contributed by atoms with Crippen LogP contribution in [0.3, 0.4) is 0 Å². The number of carbonyl (C=O) groups excluding carboxylic acids is 5. The van der Waals surface area contributed by atoms with Gasteiger partial charge in [-0.1, -0.05) is 84.5 Å². The summed E-state index contributed by atoms with van der Waals surface area (Å²) in [6, 6.07) is -0.626. The molecule has 0 bridgehead atoms. The molecule has 0 aromatic rings. The number of Topliss-reactive ketones (excluding diaryl/α,β-unsaturated/α-hetero) is 4. The van der Waals surface area contributed by atoms with Crippen LogP contribution in [0.25, 0.3) is 0 Å². The van der Waals surface area contributed by atoms with Crippen molar-refractivity contribution >= 4 is 38.9 Å². The average Bonchev–Trinajstić information content (AvgIpc) is 3.92. The van der Waals surface area contributed by atoms with E-state index in [4.69, 9.17) is 0 Å². The topological polar surface area (TPSA) is 123 Å². The molecule has 50 heavy (non-hydrogen) atoms. The summed E-state index contributed by atoms with van der Waals surface area (Å²) < 4.78 is 26.7. The molecule has 3 saturated carbocycles. The molecule has 3 aliphatic carbocycles. The van der Waals surface area contributed by atoms with Gasteiger partial charge in [0.1, 0.15) is 5.78 Å². The van der Waals surface area contributed by atoms with Crippen molar-refractivity contribution < 1.29 is 32.4 Å². The van der Waals surface area contributed by atoms with Gasteiger partial charge < -0.3 is 4.90 Å². The van der Waals surface area contributed by atoms with E-state index < -0.39 is 44.2 Å². The van der Waals surface area contributed by atoms with Crippen LogP contribution in [0, 0.1) is 40.4 Å². The van der Waals surface area contributed by atoms with E-state index in [1.54, 1.807) is 4.90 Å². The maximum atomic E-state index is 14.6. The highest BCUT2D eigenvalue weighted by Gasteiger charge is 2.69. The number of sulfone groups is 1. The Bertz CT molecular complexity index is 1410. The van der Waals surface area contributed by atoms with Crippen molar-refractivity contribution in [1.82, 2.24) is 4.90 Å².